The van der Waals surface area contributed by atoms with E-state index in [9.17, 15) is 0 Å². The minimum atomic E-state index is 0.336. The zero-order chi connectivity index (χ0) is 14.7. The van der Waals surface area contributed by atoms with E-state index in [0.29, 0.717) is 18.6 Å². The van der Waals surface area contributed by atoms with Crippen LogP contribution in [0.1, 0.15) is 35.6 Å². The van der Waals surface area contributed by atoms with Gasteiger partial charge in [-0.15, -0.1) is 0 Å². The first kappa shape index (κ1) is 15.5. The molecule has 20 heavy (non-hydrogen) atoms. The number of aryl methyl sites for hydroxylation is 1. The van der Waals surface area contributed by atoms with Crippen molar-refractivity contribution >= 4 is 0 Å². The van der Waals surface area contributed by atoms with Crippen LogP contribution in [0.15, 0.2) is 18.2 Å². The molecule has 1 saturated heterocycles. The first-order chi connectivity index (χ1) is 9.54. The number of nitrogens with two attached hydrogens (primary N) is 1. The predicted molar refractivity (Wildman–Crippen MR) is 86.0 cm³/mol. The van der Waals surface area contributed by atoms with E-state index in [0.717, 1.165) is 0 Å². The molecule has 1 aromatic carbocycles. The topological polar surface area (TPSA) is 32.5 Å². The van der Waals surface area contributed by atoms with Crippen LogP contribution in [-0.2, 0) is 0 Å². The number of likely N-dealkylation sites (N-methyl/N-ethyl adjacent to an activating group) is 1. The summed E-state index contributed by atoms with van der Waals surface area (Å²) in [5.74, 6) is 0. The molecule has 3 heteroatoms. The summed E-state index contributed by atoms with van der Waals surface area (Å²) >= 11 is 0. The Hall–Kier alpha value is -0.900. The molecule has 1 aromatic rings. The Morgan fingerprint density at radius 1 is 1.30 bits per heavy atom. The average Bonchev–Trinajstić information content (AvgIpc) is 2.45. The summed E-state index contributed by atoms with van der Waals surface area (Å²) in [4.78, 5) is 4.93. The van der Waals surface area contributed by atoms with Gasteiger partial charge in [-0.1, -0.05) is 18.2 Å². The van der Waals surface area contributed by atoms with Crippen molar-refractivity contribution in [3.63, 3.8) is 0 Å². The van der Waals surface area contributed by atoms with E-state index in [1.165, 1.54) is 42.6 Å². The van der Waals surface area contributed by atoms with Gasteiger partial charge in [0.15, 0.2) is 0 Å². The zero-order valence-corrected chi connectivity index (χ0v) is 13.4. The van der Waals surface area contributed by atoms with Gasteiger partial charge in [-0.2, -0.15) is 0 Å². The van der Waals surface area contributed by atoms with Gasteiger partial charge in [-0.05, 0) is 70.6 Å². The van der Waals surface area contributed by atoms with Crippen LogP contribution in [-0.4, -0.2) is 49.6 Å². The second-order valence-electron chi connectivity index (χ2n) is 6.24. The molecule has 3 nitrogen and oxygen atoms in total. The zero-order valence-electron chi connectivity index (χ0n) is 13.4. The van der Waals surface area contributed by atoms with Crippen molar-refractivity contribution in [2.75, 3.05) is 33.7 Å². The third kappa shape index (κ3) is 3.22. The molecule has 1 heterocycles. The Morgan fingerprint density at radius 3 is 2.55 bits per heavy atom. The number of nitrogens with zero attached hydrogens (tertiary/aromatic N) is 2. The highest BCUT2D eigenvalue weighted by Crippen LogP contribution is 2.28. The molecule has 1 unspecified atom stereocenters. The van der Waals surface area contributed by atoms with E-state index in [-0.39, 0.29) is 0 Å². The molecule has 112 valence electrons. The number of piperidine rings is 1. The van der Waals surface area contributed by atoms with Crippen LogP contribution in [0.3, 0.4) is 0 Å². The van der Waals surface area contributed by atoms with Crippen LogP contribution in [0.5, 0.6) is 0 Å². The van der Waals surface area contributed by atoms with E-state index < -0.39 is 0 Å². The molecule has 0 bridgehead atoms. The van der Waals surface area contributed by atoms with Crippen LogP contribution in [0.25, 0.3) is 0 Å². The fourth-order valence-corrected chi connectivity index (χ4v) is 3.30. The molecular formula is C17H29N3. The molecule has 1 atom stereocenters. The molecule has 1 aliphatic rings. The lowest BCUT2D eigenvalue weighted by atomic mass is 9.94. The maximum absolute atomic E-state index is 6.11. The van der Waals surface area contributed by atoms with Gasteiger partial charge in [0.05, 0.1) is 0 Å². The van der Waals surface area contributed by atoms with Gasteiger partial charge in [0.1, 0.15) is 0 Å². The summed E-state index contributed by atoms with van der Waals surface area (Å²) in [6.45, 7) is 7.48. The Bertz CT molecular complexity index is 436. The van der Waals surface area contributed by atoms with Crippen molar-refractivity contribution in [2.45, 2.75) is 38.8 Å². The van der Waals surface area contributed by atoms with Crippen molar-refractivity contribution < 1.29 is 0 Å². The highest BCUT2D eigenvalue weighted by molar-refractivity contribution is 5.35. The van der Waals surface area contributed by atoms with E-state index in [1.807, 2.05) is 0 Å². The van der Waals surface area contributed by atoms with Crippen LogP contribution in [0.2, 0.25) is 0 Å². The standard InChI is InChI=1S/C17H29N3/c1-13-6-5-7-16(14(13)2)17(12-18)20(4)15-8-10-19(3)11-9-15/h5-7,15,17H,8-12,18H2,1-4H3. The second-order valence-corrected chi connectivity index (χ2v) is 6.24. The molecule has 0 radical (unpaired) electrons. The van der Waals surface area contributed by atoms with Gasteiger partial charge < -0.3 is 10.6 Å². The summed E-state index contributed by atoms with van der Waals surface area (Å²) < 4.78 is 0. The van der Waals surface area contributed by atoms with Crippen molar-refractivity contribution in [1.29, 1.82) is 0 Å². The third-order valence-electron chi connectivity index (χ3n) is 4.98. The highest BCUT2D eigenvalue weighted by Gasteiger charge is 2.27. The molecule has 1 aliphatic heterocycles. The van der Waals surface area contributed by atoms with Crippen LogP contribution < -0.4 is 5.73 Å². The first-order valence-electron chi connectivity index (χ1n) is 7.71. The van der Waals surface area contributed by atoms with E-state index >= 15 is 0 Å². The van der Waals surface area contributed by atoms with Crippen molar-refractivity contribution in [3.05, 3.63) is 34.9 Å². The first-order valence-corrected chi connectivity index (χ1v) is 7.71. The monoisotopic (exact) mass is 275 g/mol. The van der Waals surface area contributed by atoms with E-state index in [4.69, 9.17) is 5.73 Å². The number of likely N-dealkylation sites (tertiary alicyclic amines) is 1. The fraction of sp³-hybridized carbons (Fsp3) is 0.647. The Balaban J connectivity index is 2.17. The SMILES string of the molecule is Cc1cccc(C(CN)N(C)C2CCN(C)CC2)c1C. The molecule has 2 N–H and O–H groups in total. The van der Waals surface area contributed by atoms with Crippen molar-refractivity contribution in [2.24, 2.45) is 5.73 Å². The largest absolute Gasteiger partial charge is 0.329 e. The molecule has 0 aromatic heterocycles. The maximum Gasteiger partial charge on any atom is 0.0473 e. The molecule has 2 rings (SSSR count). The minimum absolute atomic E-state index is 0.336. The van der Waals surface area contributed by atoms with Crippen molar-refractivity contribution in [3.8, 4) is 0 Å². The summed E-state index contributed by atoms with van der Waals surface area (Å²) in [6, 6.07) is 7.57. The molecule has 0 saturated carbocycles. The second kappa shape index (κ2) is 6.70. The van der Waals surface area contributed by atoms with Gasteiger partial charge in [0.2, 0.25) is 0 Å². The van der Waals surface area contributed by atoms with Crippen LogP contribution in [0, 0.1) is 13.8 Å². The average molecular weight is 275 g/mol. The molecule has 0 spiro atoms. The number of hydrogen-bond acceptors (Lipinski definition) is 3. The van der Waals surface area contributed by atoms with Crippen molar-refractivity contribution in [1.82, 2.24) is 9.80 Å². The Labute approximate surface area is 123 Å². The third-order valence-corrected chi connectivity index (χ3v) is 4.98. The lowest BCUT2D eigenvalue weighted by Gasteiger charge is -2.39. The normalized spacial score (nSPS) is 19.5. The number of rotatable bonds is 4. The lowest BCUT2D eigenvalue weighted by Crippen LogP contribution is -2.45. The Morgan fingerprint density at radius 2 is 1.95 bits per heavy atom. The van der Waals surface area contributed by atoms with E-state index in [2.05, 4.69) is 55.9 Å². The summed E-state index contributed by atoms with van der Waals surface area (Å²) in [5, 5.41) is 0. The Kier molecular flexibility index (Phi) is 5.19. The van der Waals surface area contributed by atoms with E-state index in [1.54, 1.807) is 0 Å². The smallest absolute Gasteiger partial charge is 0.0473 e. The quantitative estimate of drug-likeness (QED) is 0.915. The maximum atomic E-state index is 6.11. The summed E-state index contributed by atoms with van der Waals surface area (Å²) in [5.41, 5.74) is 10.3. The van der Waals surface area contributed by atoms with Gasteiger partial charge in [-0.25, -0.2) is 0 Å². The highest BCUT2D eigenvalue weighted by atomic mass is 15.2. The lowest BCUT2D eigenvalue weighted by molar-refractivity contribution is 0.109. The minimum Gasteiger partial charge on any atom is -0.329 e. The van der Waals surface area contributed by atoms with Crippen LogP contribution >= 0.6 is 0 Å². The summed E-state index contributed by atoms with van der Waals surface area (Å²) in [7, 11) is 4.45. The number of benzene rings is 1. The van der Waals surface area contributed by atoms with Crippen LogP contribution in [0.4, 0.5) is 0 Å². The van der Waals surface area contributed by atoms with Gasteiger partial charge in [0.25, 0.3) is 0 Å². The summed E-state index contributed by atoms with van der Waals surface area (Å²) in [6.07, 6.45) is 2.49. The fourth-order valence-electron chi connectivity index (χ4n) is 3.30. The molecule has 1 fully saturated rings. The van der Waals surface area contributed by atoms with Gasteiger partial charge >= 0.3 is 0 Å². The number of hydrogen-bond donors (Lipinski definition) is 1. The molecule has 0 aliphatic carbocycles. The molecular weight excluding hydrogens is 246 g/mol. The van der Waals surface area contributed by atoms with Gasteiger partial charge in [-0.3, -0.25) is 4.90 Å². The van der Waals surface area contributed by atoms with Gasteiger partial charge in [0, 0.05) is 18.6 Å². The predicted octanol–water partition coefficient (Wildman–Crippen LogP) is 2.33. The molecule has 0 amide bonds.